The van der Waals surface area contributed by atoms with Crippen LogP contribution < -0.4 is 4.90 Å². The molecule has 1 N–H and O–H groups in total. The fraction of sp³-hybridized carbons (Fsp3) is 0.647. The molecular formula is C17H27NO. The van der Waals surface area contributed by atoms with Crippen molar-refractivity contribution < 1.29 is 5.11 Å². The van der Waals surface area contributed by atoms with Gasteiger partial charge in [-0.15, -0.1) is 0 Å². The summed E-state index contributed by atoms with van der Waals surface area (Å²) < 4.78 is 0. The fourth-order valence-electron chi connectivity index (χ4n) is 3.41. The number of para-hydroxylation sites is 1. The minimum atomic E-state index is 0.185. The Hall–Kier alpha value is -1.02. The molecule has 1 atom stereocenters. The highest BCUT2D eigenvalue weighted by molar-refractivity contribution is 5.57. The summed E-state index contributed by atoms with van der Waals surface area (Å²) in [6.45, 7) is 10.5. The number of anilines is 1. The minimum Gasteiger partial charge on any atom is -0.396 e. The van der Waals surface area contributed by atoms with Gasteiger partial charge in [0.05, 0.1) is 0 Å². The van der Waals surface area contributed by atoms with Crippen LogP contribution >= 0.6 is 0 Å². The van der Waals surface area contributed by atoms with Gasteiger partial charge in [-0.3, -0.25) is 0 Å². The predicted octanol–water partition coefficient (Wildman–Crippen LogP) is 3.80. The van der Waals surface area contributed by atoms with Gasteiger partial charge < -0.3 is 10.0 Å². The van der Waals surface area contributed by atoms with Crippen molar-refractivity contribution in [3.63, 3.8) is 0 Å². The van der Waals surface area contributed by atoms with Crippen molar-refractivity contribution in [2.24, 2.45) is 5.92 Å². The van der Waals surface area contributed by atoms with Crippen LogP contribution in [0.3, 0.4) is 0 Å². The maximum absolute atomic E-state index is 9.18. The SMILES string of the molecule is CC(C)c1ccccc1N1CC(CCO)CC1(C)C. The number of aliphatic hydroxyl groups is 1. The monoisotopic (exact) mass is 261 g/mol. The molecular weight excluding hydrogens is 234 g/mol. The number of nitrogens with zero attached hydrogens (tertiary/aromatic N) is 1. The van der Waals surface area contributed by atoms with Crippen LogP contribution in [0.5, 0.6) is 0 Å². The first-order valence-corrected chi connectivity index (χ1v) is 7.43. The molecule has 2 nitrogen and oxygen atoms in total. The number of benzene rings is 1. The zero-order valence-electron chi connectivity index (χ0n) is 12.7. The standard InChI is InChI=1S/C17H27NO/c1-13(2)15-7-5-6-8-16(15)18-12-14(9-10-19)11-17(18,3)4/h5-8,13-14,19H,9-12H2,1-4H3. The Morgan fingerprint density at radius 1 is 1.32 bits per heavy atom. The van der Waals surface area contributed by atoms with E-state index in [4.69, 9.17) is 0 Å². The highest BCUT2D eigenvalue weighted by atomic mass is 16.3. The molecule has 0 aliphatic carbocycles. The smallest absolute Gasteiger partial charge is 0.0434 e. The third-order valence-electron chi connectivity index (χ3n) is 4.35. The van der Waals surface area contributed by atoms with Gasteiger partial charge in [0, 0.05) is 24.4 Å². The van der Waals surface area contributed by atoms with Gasteiger partial charge in [-0.1, -0.05) is 32.0 Å². The first-order chi connectivity index (χ1) is 8.95. The van der Waals surface area contributed by atoms with E-state index in [1.165, 1.54) is 17.7 Å². The first kappa shape index (κ1) is 14.4. The van der Waals surface area contributed by atoms with Crippen molar-refractivity contribution in [2.45, 2.75) is 52.0 Å². The summed E-state index contributed by atoms with van der Waals surface area (Å²) in [5, 5.41) is 9.18. The lowest BCUT2D eigenvalue weighted by Crippen LogP contribution is -2.38. The van der Waals surface area contributed by atoms with Gasteiger partial charge in [-0.25, -0.2) is 0 Å². The molecule has 1 aromatic rings. The highest BCUT2D eigenvalue weighted by Gasteiger charge is 2.38. The number of hydrogen-bond donors (Lipinski definition) is 1. The first-order valence-electron chi connectivity index (χ1n) is 7.43. The average molecular weight is 261 g/mol. The second-order valence-corrected chi connectivity index (χ2v) is 6.72. The van der Waals surface area contributed by atoms with Gasteiger partial charge in [-0.2, -0.15) is 0 Å². The van der Waals surface area contributed by atoms with E-state index >= 15 is 0 Å². The Bertz CT molecular complexity index is 425. The summed E-state index contributed by atoms with van der Waals surface area (Å²) >= 11 is 0. The van der Waals surface area contributed by atoms with Crippen LogP contribution in [-0.2, 0) is 0 Å². The normalized spacial score (nSPS) is 22.2. The number of hydrogen-bond acceptors (Lipinski definition) is 2. The van der Waals surface area contributed by atoms with Gasteiger partial charge in [0.25, 0.3) is 0 Å². The molecule has 1 aromatic carbocycles. The lowest BCUT2D eigenvalue weighted by molar-refractivity contribution is 0.259. The second kappa shape index (κ2) is 5.54. The zero-order chi connectivity index (χ0) is 14.0. The van der Waals surface area contributed by atoms with E-state index in [-0.39, 0.29) is 5.54 Å². The molecule has 2 rings (SSSR count). The van der Waals surface area contributed by atoms with Gasteiger partial charge in [-0.05, 0) is 50.2 Å². The molecule has 0 amide bonds. The van der Waals surface area contributed by atoms with E-state index in [2.05, 4.69) is 56.9 Å². The van der Waals surface area contributed by atoms with E-state index < -0.39 is 0 Å². The summed E-state index contributed by atoms with van der Waals surface area (Å²) in [7, 11) is 0. The largest absolute Gasteiger partial charge is 0.396 e. The molecule has 1 saturated heterocycles. The topological polar surface area (TPSA) is 23.5 Å². The Morgan fingerprint density at radius 3 is 2.63 bits per heavy atom. The van der Waals surface area contributed by atoms with Gasteiger partial charge >= 0.3 is 0 Å². The third-order valence-corrected chi connectivity index (χ3v) is 4.35. The molecule has 1 aliphatic rings. The van der Waals surface area contributed by atoms with Crippen LogP contribution in [0.1, 0.15) is 52.0 Å². The Labute approximate surface area is 117 Å². The molecule has 0 aromatic heterocycles. The maximum atomic E-state index is 9.18. The van der Waals surface area contributed by atoms with Crippen molar-refractivity contribution in [2.75, 3.05) is 18.1 Å². The van der Waals surface area contributed by atoms with E-state index in [9.17, 15) is 5.11 Å². The molecule has 0 bridgehead atoms. The van der Waals surface area contributed by atoms with Gasteiger partial charge in [0.2, 0.25) is 0 Å². The van der Waals surface area contributed by atoms with Crippen molar-refractivity contribution in [1.29, 1.82) is 0 Å². The zero-order valence-corrected chi connectivity index (χ0v) is 12.7. The van der Waals surface area contributed by atoms with Crippen LogP contribution in [0.4, 0.5) is 5.69 Å². The summed E-state index contributed by atoms with van der Waals surface area (Å²) in [6, 6.07) is 8.76. The van der Waals surface area contributed by atoms with Crippen molar-refractivity contribution in [3.05, 3.63) is 29.8 Å². The van der Waals surface area contributed by atoms with Gasteiger partial charge in [0.1, 0.15) is 0 Å². The maximum Gasteiger partial charge on any atom is 0.0434 e. The molecule has 1 heterocycles. The number of rotatable bonds is 4. The molecule has 1 fully saturated rings. The van der Waals surface area contributed by atoms with Crippen LogP contribution in [0.25, 0.3) is 0 Å². The molecule has 106 valence electrons. The lowest BCUT2D eigenvalue weighted by atomic mass is 9.93. The van der Waals surface area contributed by atoms with Crippen LogP contribution in [0.15, 0.2) is 24.3 Å². The summed E-state index contributed by atoms with van der Waals surface area (Å²) in [5.41, 5.74) is 2.99. The molecule has 0 radical (unpaired) electrons. The Balaban J connectivity index is 2.31. The summed E-state index contributed by atoms with van der Waals surface area (Å²) in [6.07, 6.45) is 2.09. The van der Waals surface area contributed by atoms with E-state index in [0.29, 0.717) is 18.4 Å². The molecule has 19 heavy (non-hydrogen) atoms. The van der Waals surface area contributed by atoms with Crippen molar-refractivity contribution in [3.8, 4) is 0 Å². The lowest BCUT2D eigenvalue weighted by Gasteiger charge is -2.35. The quantitative estimate of drug-likeness (QED) is 0.891. The highest BCUT2D eigenvalue weighted by Crippen LogP contribution is 2.40. The molecule has 2 heteroatoms. The van der Waals surface area contributed by atoms with Crippen LogP contribution in [-0.4, -0.2) is 23.8 Å². The van der Waals surface area contributed by atoms with E-state index in [0.717, 1.165) is 13.0 Å². The van der Waals surface area contributed by atoms with E-state index in [1.54, 1.807) is 0 Å². The number of aliphatic hydroxyl groups excluding tert-OH is 1. The van der Waals surface area contributed by atoms with Crippen molar-refractivity contribution in [1.82, 2.24) is 0 Å². The third kappa shape index (κ3) is 2.94. The molecule has 1 aliphatic heterocycles. The summed E-state index contributed by atoms with van der Waals surface area (Å²) in [4.78, 5) is 2.54. The summed E-state index contributed by atoms with van der Waals surface area (Å²) in [5.74, 6) is 1.16. The average Bonchev–Trinajstić information content (AvgIpc) is 2.64. The second-order valence-electron chi connectivity index (χ2n) is 6.72. The molecule has 1 unspecified atom stereocenters. The fourth-order valence-corrected chi connectivity index (χ4v) is 3.41. The molecule has 0 spiro atoms. The Kier molecular flexibility index (Phi) is 4.19. The predicted molar refractivity (Wildman–Crippen MR) is 81.8 cm³/mol. The van der Waals surface area contributed by atoms with Gasteiger partial charge in [0.15, 0.2) is 0 Å². The van der Waals surface area contributed by atoms with E-state index in [1.807, 2.05) is 0 Å². The van der Waals surface area contributed by atoms with Crippen LogP contribution in [0, 0.1) is 5.92 Å². The minimum absolute atomic E-state index is 0.185. The molecule has 0 saturated carbocycles. The van der Waals surface area contributed by atoms with Crippen molar-refractivity contribution >= 4 is 5.69 Å². The Morgan fingerprint density at radius 2 is 2.00 bits per heavy atom. The van der Waals surface area contributed by atoms with Crippen LogP contribution in [0.2, 0.25) is 0 Å².